The summed E-state index contributed by atoms with van der Waals surface area (Å²) < 4.78 is 16.8. The number of hydrogen-bond donors (Lipinski definition) is 1. The highest BCUT2D eigenvalue weighted by atomic mass is 35.5. The maximum atomic E-state index is 15.2. The van der Waals surface area contributed by atoms with Crippen LogP contribution in [0.3, 0.4) is 0 Å². The first kappa shape index (κ1) is 23.0. The second-order valence-electron chi connectivity index (χ2n) is 8.50. The van der Waals surface area contributed by atoms with E-state index in [1.54, 1.807) is 28.9 Å². The molecule has 0 amide bonds. The number of rotatable bonds is 7. The molecule has 4 rings (SSSR count). The molecule has 2 heterocycles. The van der Waals surface area contributed by atoms with Crippen molar-refractivity contribution in [2.45, 2.75) is 13.3 Å². The van der Waals surface area contributed by atoms with Crippen molar-refractivity contribution in [1.29, 1.82) is 0 Å². The summed E-state index contributed by atoms with van der Waals surface area (Å²) in [6.07, 6.45) is 2.61. The zero-order valence-electron chi connectivity index (χ0n) is 19.3. The Morgan fingerprint density at radius 3 is 2.55 bits per heavy atom. The monoisotopic (exact) mass is 466 g/mol. The number of halogens is 2. The lowest BCUT2D eigenvalue weighted by atomic mass is 10.0. The first-order valence-electron chi connectivity index (χ1n) is 10.8. The van der Waals surface area contributed by atoms with E-state index in [4.69, 9.17) is 22.3 Å². The summed E-state index contributed by atoms with van der Waals surface area (Å²) in [4.78, 5) is 8.93. The third-order valence-corrected chi connectivity index (χ3v) is 5.99. The molecule has 4 aromatic rings. The van der Waals surface area contributed by atoms with E-state index in [1.807, 2.05) is 52.3 Å². The van der Waals surface area contributed by atoms with E-state index in [1.165, 1.54) is 0 Å². The van der Waals surface area contributed by atoms with Crippen molar-refractivity contribution in [2.75, 3.05) is 44.9 Å². The van der Waals surface area contributed by atoms with Crippen molar-refractivity contribution in [2.24, 2.45) is 0 Å². The van der Waals surface area contributed by atoms with Gasteiger partial charge in [-0.05, 0) is 69.9 Å². The average Bonchev–Trinajstić information content (AvgIpc) is 3.17. The van der Waals surface area contributed by atoms with Gasteiger partial charge < -0.3 is 15.5 Å². The molecule has 0 saturated carbocycles. The molecule has 0 radical (unpaired) electrons. The van der Waals surface area contributed by atoms with Crippen LogP contribution in [0.2, 0.25) is 5.02 Å². The van der Waals surface area contributed by atoms with Gasteiger partial charge in [0, 0.05) is 41.0 Å². The van der Waals surface area contributed by atoms with Crippen molar-refractivity contribution in [3.63, 3.8) is 0 Å². The van der Waals surface area contributed by atoms with Crippen LogP contribution in [-0.4, -0.2) is 53.7 Å². The topological polar surface area (TPSA) is 62.7 Å². The molecule has 0 unspecified atom stereocenters. The van der Waals surface area contributed by atoms with Crippen LogP contribution in [0.1, 0.15) is 12.1 Å². The van der Waals surface area contributed by atoms with Gasteiger partial charge in [0.2, 0.25) is 0 Å². The quantitative estimate of drug-likeness (QED) is 0.409. The van der Waals surface area contributed by atoms with Crippen LogP contribution < -0.4 is 10.6 Å². The Balaban J connectivity index is 1.69. The predicted molar refractivity (Wildman–Crippen MR) is 134 cm³/mol. The Kier molecular flexibility index (Phi) is 6.54. The number of fused-ring (bicyclic) bond motifs is 1. The van der Waals surface area contributed by atoms with Crippen molar-refractivity contribution in [3.05, 3.63) is 65.2 Å². The van der Waals surface area contributed by atoms with Gasteiger partial charge in [-0.25, -0.2) is 9.37 Å². The molecule has 2 aromatic heterocycles. The fourth-order valence-corrected chi connectivity index (χ4v) is 4.23. The van der Waals surface area contributed by atoms with Gasteiger partial charge in [0.05, 0.1) is 11.9 Å². The highest BCUT2D eigenvalue weighted by Gasteiger charge is 2.19. The zero-order valence-corrected chi connectivity index (χ0v) is 20.1. The molecule has 6 nitrogen and oxygen atoms in total. The van der Waals surface area contributed by atoms with Gasteiger partial charge in [0.25, 0.3) is 0 Å². The van der Waals surface area contributed by atoms with Gasteiger partial charge in [-0.15, -0.1) is 0 Å². The summed E-state index contributed by atoms with van der Waals surface area (Å²) in [5.41, 5.74) is 11.2. The first-order valence-corrected chi connectivity index (χ1v) is 11.2. The minimum absolute atomic E-state index is 0.321. The molecule has 0 saturated heterocycles. The van der Waals surface area contributed by atoms with E-state index in [2.05, 4.69) is 14.9 Å². The number of nitrogen functional groups attached to an aromatic ring is 1. The fourth-order valence-electron chi connectivity index (χ4n) is 4.04. The number of aromatic nitrogens is 3. The molecule has 172 valence electrons. The highest BCUT2D eigenvalue weighted by Crippen LogP contribution is 2.35. The average molecular weight is 467 g/mol. The van der Waals surface area contributed by atoms with E-state index in [0.29, 0.717) is 27.6 Å². The van der Waals surface area contributed by atoms with Crippen LogP contribution in [0.5, 0.6) is 0 Å². The van der Waals surface area contributed by atoms with E-state index in [-0.39, 0.29) is 5.82 Å². The van der Waals surface area contributed by atoms with Gasteiger partial charge >= 0.3 is 0 Å². The summed E-state index contributed by atoms with van der Waals surface area (Å²) in [5, 5.41) is 5.03. The number of aryl methyl sites for hydroxylation is 1. The Morgan fingerprint density at radius 1 is 1.06 bits per heavy atom. The predicted octanol–water partition coefficient (Wildman–Crippen LogP) is 5.13. The van der Waals surface area contributed by atoms with Gasteiger partial charge in [-0.3, -0.25) is 0 Å². The third-order valence-electron chi connectivity index (χ3n) is 5.76. The van der Waals surface area contributed by atoms with E-state index < -0.39 is 0 Å². The molecule has 33 heavy (non-hydrogen) atoms. The largest absolute Gasteiger partial charge is 0.383 e. The Bertz CT molecular complexity index is 1300. The van der Waals surface area contributed by atoms with Gasteiger partial charge in [-0.2, -0.15) is 9.61 Å². The molecule has 0 bridgehead atoms. The number of nitrogens with two attached hydrogens (primary N) is 1. The summed E-state index contributed by atoms with van der Waals surface area (Å²) in [6.45, 7) is 3.71. The molecule has 0 atom stereocenters. The molecule has 0 fully saturated rings. The lowest BCUT2D eigenvalue weighted by molar-refractivity contribution is 0.401. The molecule has 8 heteroatoms. The number of hydrogen-bond acceptors (Lipinski definition) is 5. The molecule has 0 spiro atoms. The van der Waals surface area contributed by atoms with Crippen LogP contribution in [0.25, 0.3) is 27.9 Å². The van der Waals surface area contributed by atoms with E-state index in [9.17, 15) is 0 Å². The van der Waals surface area contributed by atoms with Crippen LogP contribution >= 0.6 is 11.6 Å². The van der Waals surface area contributed by atoms with Crippen LogP contribution in [-0.2, 0) is 0 Å². The van der Waals surface area contributed by atoms with E-state index >= 15 is 4.39 Å². The second-order valence-corrected chi connectivity index (χ2v) is 8.94. The summed E-state index contributed by atoms with van der Waals surface area (Å²) in [5.74, 6) is 0.113. The van der Waals surface area contributed by atoms with Crippen LogP contribution in [0, 0.1) is 12.7 Å². The molecule has 0 aliphatic carbocycles. The first-order chi connectivity index (χ1) is 15.8. The maximum Gasteiger partial charge on any atom is 0.165 e. The fraction of sp³-hybridized carbons (Fsp3) is 0.280. The lowest BCUT2D eigenvalue weighted by Crippen LogP contribution is -2.23. The molecular formula is C25H28ClFN6. The van der Waals surface area contributed by atoms with Crippen molar-refractivity contribution >= 4 is 28.8 Å². The Hall–Kier alpha value is -3.16. The minimum atomic E-state index is -0.321. The zero-order chi connectivity index (χ0) is 23.7. The van der Waals surface area contributed by atoms with Crippen molar-refractivity contribution in [1.82, 2.24) is 19.5 Å². The van der Waals surface area contributed by atoms with Gasteiger partial charge in [0.1, 0.15) is 11.6 Å². The molecule has 2 N–H and O–H groups in total. The summed E-state index contributed by atoms with van der Waals surface area (Å²) in [7, 11) is 6.07. The normalized spacial score (nSPS) is 11.5. The lowest BCUT2D eigenvalue weighted by Gasteiger charge is -2.21. The molecule has 0 aliphatic rings. The highest BCUT2D eigenvalue weighted by molar-refractivity contribution is 6.30. The summed E-state index contributed by atoms with van der Waals surface area (Å²) in [6, 6.07) is 12.7. The SMILES string of the molecule is Cc1nc2c(-c3ccc(N(C)CCCN(C)C)cc3F)cnn2c(N)c1-c1cccc(Cl)c1. The molecule has 0 aliphatic heterocycles. The van der Waals surface area contributed by atoms with Crippen molar-refractivity contribution < 1.29 is 4.39 Å². The number of nitrogens with zero attached hydrogens (tertiary/aromatic N) is 5. The summed E-state index contributed by atoms with van der Waals surface area (Å²) >= 11 is 6.17. The van der Waals surface area contributed by atoms with Crippen molar-refractivity contribution in [3.8, 4) is 22.3 Å². The maximum absolute atomic E-state index is 15.2. The van der Waals surface area contributed by atoms with Gasteiger partial charge in [0.15, 0.2) is 5.65 Å². The smallest absolute Gasteiger partial charge is 0.165 e. The van der Waals surface area contributed by atoms with Crippen LogP contribution in [0.15, 0.2) is 48.7 Å². The molecule has 2 aromatic carbocycles. The van der Waals surface area contributed by atoms with Gasteiger partial charge in [-0.1, -0.05) is 23.7 Å². The second kappa shape index (κ2) is 9.37. The Labute approximate surface area is 198 Å². The molecular weight excluding hydrogens is 439 g/mol. The number of anilines is 2. The third kappa shape index (κ3) is 4.65. The standard InChI is InChI=1S/C25H28ClFN6/c1-16-23(17-7-5-8-18(26)13-17)24(28)33-25(30-16)21(15-29-33)20-10-9-19(14-22(20)27)32(4)12-6-11-31(2)3/h5,7-10,13-15H,6,11-12,28H2,1-4H3. The minimum Gasteiger partial charge on any atom is -0.383 e. The van der Waals surface area contributed by atoms with E-state index in [0.717, 1.165) is 42.0 Å². The Morgan fingerprint density at radius 2 is 1.85 bits per heavy atom. The number of benzene rings is 2. The van der Waals surface area contributed by atoms with Crippen LogP contribution in [0.4, 0.5) is 15.9 Å².